The van der Waals surface area contributed by atoms with Crippen molar-refractivity contribution in [2.24, 2.45) is 11.3 Å². The number of aliphatic hydroxyl groups is 1. The van der Waals surface area contributed by atoms with Crippen LogP contribution in [0.25, 0.3) is 0 Å². The third-order valence-electron chi connectivity index (χ3n) is 5.14. The van der Waals surface area contributed by atoms with Crippen molar-refractivity contribution in [3.8, 4) is 0 Å². The van der Waals surface area contributed by atoms with Crippen LogP contribution in [0.3, 0.4) is 0 Å². The van der Waals surface area contributed by atoms with Gasteiger partial charge in [0.15, 0.2) is 0 Å². The summed E-state index contributed by atoms with van der Waals surface area (Å²) in [6.45, 7) is 8.97. The largest absolute Gasteiger partial charge is 0.393 e. The van der Waals surface area contributed by atoms with Gasteiger partial charge < -0.3 is 15.3 Å². The summed E-state index contributed by atoms with van der Waals surface area (Å²) in [5, 5.41) is 12.8. The van der Waals surface area contributed by atoms with E-state index in [-0.39, 0.29) is 17.4 Å². The maximum absolute atomic E-state index is 12.6. The molecule has 0 aromatic carbocycles. The Hall–Kier alpha value is -0.610. The van der Waals surface area contributed by atoms with Crippen LogP contribution in [0, 0.1) is 11.3 Å². The van der Waals surface area contributed by atoms with E-state index < -0.39 is 0 Å². The molecule has 1 amide bonds. The molecule has 2 aliphatic rings. The minimum atomic E-state index is -0.356. The molecule has 4 nitrogen and oxygen atoms in total. The van der Waals surface area contributed by atoms with Gasteiger partial charge >= 0.3 is 0 Å². The zero-order valence-corrected chi connectivity index (χ0v) is 13.9. The molecular weight excluding hydrogens is 264 g/mol. The lowest BCUT2D eigenvalue weighted by Gasteiger charge is -2.36. The van der Waals surface area contributed by atoms with Crippen LogP contribution in [-0.2, 0) is 4.79 Å². The molecule has 1 saturated heterocycles. The molecule has 0 aromatic rings. The fourth-order valence-corrected chi connectivity index (χ4v) is 3.49. The Morgan fingerprint density at radius 1 is 1.14 bits per heavy atom. The summed E-state index contributed by atoms with van der Waals surface area (Å²) in [4.78, 5) is 14.9. The molecule has 2 rings (SSSR count). The predicted molar refractivity (Wildman–Crippen MR) is 85.0 cm³/mol. The smallest absolute Gasteiger partial charge is 0.227 e. The van der Waals surface area contributed by atoms with E-state index in [1.54, 1.807) is 0 Å². The Bertz CT molecular complexity index is 341. The molecule has 0 radical (unpaired) electrons. The Morgan fingerprint density at radius 3 is 2.29 bits per heavy atom. The van der Waals surface area contributed by atoms with Gasteiger partial charge in [-0.3, -0.25) is 4.79 Å². The van der Waals surface area contributed by atoms with Crippen molar-refractivity contribution in [2.45, 2.75) is 71.4 Å². The topological polar surface area (TPSA) is 52.6 Å². The van der Waals surface area contributed by atoms with Crippen molar-refractivity contribution < 1.29 is 9.90 Å². The molecular formula is C17H32N2O2. The molecule has 1 heterocycles. The summed E-state index contributed by atoms with van der Waals surface area (Å²) in [5.41, 5.74) is -0.356. The first-order valence-corrected chi connectivity index (χ1v) is 8.58. The molecule has 0 spiro atoms. The van der Waals surface area contributed by atoms with E-state index in [0.717, 1.165) is 51.2 Å². The van der Waals surface area contributed by atoms with Gasteiger partial charge in [0, 0.05) is 25.7 Å². The van der Waals surface area contributed by atoms with Crippen molar-refractivity contribution >= 4 is 5.91 Å². The van der Waals surface area contributed by atoms with E-state index >= 15 is 0 Å². The molecule has 1 aliphatic heterocycles. The standard InChI is InChI=1S/C17H32N2O2/c1-13-4-6-14(7-5-13)18-16(21)17(2,3)12-19-10-8-15(20)9-11-19/h13-15,20H,4-12H2,1-3H3,(H,18,21). The monoisotopic (exact) mass is 296 g/mol. The number of nitrogens with zero attached hydrogens (tertiary/aromatic N) is 1. The fraction of sp³-hybridized carbons (Fsp3) is 0.941. The molecule has 2 fully saturated rings. The average molecular weight is 296 g/mol. The van der Waals surface area contributed by atoms with Gasteiger partial charge in [-0.1, -0.05) is 6.92 Å². The van der Waals surface area contributed by atoms with Gasteiger partial charge in [0.1, 0.15) is 0 Å². The van der Waals surface area contributed by atoms with Gasteiger partial charge in [-0.25, -0.2) is 0 Å². The minimum Gasteiger partial charge on any atom is -0.393 e. The lowest BCUT2D eigenvalue weighted by molar-refractivity contribution is -0.131. The van der Waals surface area contributed by atoms with Gasteiger partial charge in [0.2, 0.25) is 5.91 Å². The van der Waals surface area contributed by atoms with Crippen molar-refractivity contribution in [1.29, 1.82) is 0 Å². The van der Waals surface area contributed by atoms with Crippen LogP contribution in [0.2, 0.25) is 0 Å². The Kier molecular flexibility index (Phi) is 5.67. The van der Waals surface area contributed by atoms with Gasteiger partial charge in [-0.05, 0) is 58.3 Å². The zero-order chi connectivity index (χ0) is 15.5. The van der Waals surface area contributed by atoms with Crippen LogP contribution in [-0.4, -0.2) is 47.7 Å². The van der Waals surface area contributed by atoms with Crippen LogP contribution in [0.5, 0.6) is 0 Å². The van der Waals surface area contributed by atoms with Gasteiger partial charge in [0.05, 0.1) is 11.5 Å². The maximum Gasteiger partial charge on any atom is 0.227 e. The van der Waals surface area contributed by atoms with Crippen LogP contribution in [0.4, 0.5) is 0 Å². The summed E-state index contributed by atoms with van der Waals surface area (Å²) in [6, 6.07) is 0.371. The number of carbonyl (C=O) groups is 1. The third-order valence-corrected chi connectivity index (χ3v) is 5.14. The highest BCUT2D eigenvalue weighted by Crippen LogP contribution is 2.26. The molecule has 1 aliphatic carbocycles. The molecule has 2 N–H and O–H groups in total. The number of hydrogen-bond acceptors (Lipinski definition) is 3. The molecule has 0 atom stereocenters. The number of hydrogen-bond donors (Lipinski definition) is 2. The predicted octanol–water partition coefficient (Wildman–Crippen LogP) is 2.16. The van der Waals surface area contributed by atoms with Crippen molar-refractivity contribution in [2.75, 3.05) is 19.6 Å². The summed E-state index contributed by atoms with van der Waals surface area (Å²) in [7, 11) is 0. The number of carbonyl (C=O) groups excluding carboxylic acids is 1. The molecule has 122 valence electrons. The lowest BCUT2D eigenvalue weighted by atomic mass is 9.85. The second kappa shape index (κ2) is 7.10. The molecule has 1 saturated carbocycles. The number of likely N-dealkylation sites (tertiary alicyclic amines) is 1. The summed E-state index contributed by atoms with van der Waals surface area (Å²) in [5.74, 6) is 0.999. The SMILES string of the molecule is CC1CCC(NC(=O)C(C)(C)CN2CCC(O)CC2)CC1. The Morgan fingerprint density at radius 2 is 1.71 bits per heavy atom. The van der Waals surface area contributed by atoms with Crippen LogP contribution >= 0.6 is 0 Å². The van der Waals surface area contributed by atoms with Crippen molar-refractivity contribution in [3.63, 3.8) is 0 Å². The van der Waals surface area contributed by atoms with Crippen molar-refractivity contribution in [3.05, 3.63) is 0 Å². The van der Waals surface area contributed by atoms with Gasteiger partial charge in [-0.15, -0.1) is 0 Å². The quantitative estimate of drug-likeness (QED) is 0.836. The van der Waals surface area contributed by atoms with E-state index in [2.05, 4.69) is 17.1 Å². The maximum atomic E-state index is 12.6. The van der Waals surface area contributed by atoms with E-state index in [1.807, 2.05) is 13.8 Å². The highest BCUT2D eigenvalue weighted by molar-refractivity contribution is 5.82. The zero-order valence-electron chi connectivity index (χ0n) is 13.9. The normalized spacial score (nSPS) is 29.3. The molecule has 0 bridgehead atoms. The average Bonchev–Trinajstić information content (AvgIpc) is 2.43. The number of aliphatic hydroxyl groups excluding tert-OH is 1. The first-order chi connectivity index (χ1) is 9.87. The van der Waals surface area contributed by atoms with E-state index in [4.69, 9.17) is 0 Å². The van der Waals surface area contributed by atoms with Crippen LogP contribution in [0.1, 0.15) is 59.3 Å². The van der Waals surface area contributed by atoms with E-state index in [1.165, 1.54) is 12.8 Å². The Balaban J connectivity index is 1.79. The molecule has 21 heavy (non-hydrogen) atoms. The lowest BCUT2D eigenvalue weighted by Crippen LogP contribution is -2.50. The summed E-state index contributed by atoms with van der Waals surface area (Å²) < 4.78 is 0. The third kappa shape index (κ3) is 4.96. The fourth-order valence-electron chi connectivity index (χ4n) is 3.49. The highest BCUT2D eigenvalue weighted by Gasteiger charge is 2.33. The number of amides is 1. The second-order valence-corrected chi connectivity index (χ2v) is 7.82. The number of nitrogens with one attached hydrogen (secondary N) is 1. The van der Waals surface area contributed by atoms with Gasteiger partial charge in [0.25, 0.3) is 0 Å². The first kappa shape index (κ1) is 16.8. The summed E-state index contributed by atoms with van der Waals surface area (Å²) in [6.07, 6.45) is 6.22. The Labute approximate surface area is 129 Å². The first-order valence-electron chi connectivity index (χ1n) is 8.58. The van der Waals surface area contributed by atoms with Gasteiger partial charge in [-0.2, -0.15) is 0 Å². The molecule has 0 aromatic heterocycles. The van der Waals surface area contributed by atoms with Crippen molar-refractivity contribution in [1.82, 2.24) is 10.2 Å². The second-order valence-electron chi connectivity index (χ2n) is 7.82. The number of rotatable bonds is 4. The van der Waals surface area contributed by atoms with E-state index in [9.17, 15) is 9.90 Å². The van der Waals surface area contributed by atoms with E-state index in [0.29, 0.717) is 6.04 Å². The highest BCUT2D eigenvalue weighted by atomic mass is 16.3. The molecule has 0 unspecified atom stereocenters. The van der Waals surface area contributed by atoms with Crippen LogP contribution < -0.4 is 5.32 Å². The summed E-state index contributed by atoms with van der Waals surface area (Å²) >= 11 is 0. The number of piperidine rings is 1. The van der Waals surface area contributed by atoms with Crippen LogP contribution in [0.15, 0.2) is 0 Å². The minimum absolute atomic E-state index is 0.151. The molecule has 4 heteroatoms.